The number of rotatable bonds is 7. The summed E-state index contributed by atoms with van der Waals surface area (Å²) in [4.78, 5) is 13.0. The molecule has 1 rings (SSSR count). The number of hydrogen-bond acceptors (Lipinski definition) is 4. The van der Waals surface area contributed by atoms with E-state index in [9.17, 15) is 4.79 Å². The Morgan fingerprint density at radius 1 is 1.47 bits per heavy atom. The van der Waals surface area contributed by atoms with E-state index in [1.165, 1.54) is 0 Å². The molecule has 96 valence electrons. The number of carbonyl (C=O) groups excluding carboxylic acids is 1. The summed E-state index contributed by atoms with van der Waals surface area (Å²) in [5.41, 5.74) is 6.95. The highest BCUT2D eigenvalue weighted by Crippen LogP contribution is 2.09. The van der Waals surface area contributed by atoms with Gasteiger partial charge in [-0.3, -0.25) is 4.79 Å². The summed E-state index contributed by atoms with van der Waals surface area (Å²) < 4.78 is 1.88. The van der Waals surface area contributed by atoms with Gasteiger partial charge >= 0.3 is 0 Å². The molecule has 1 aromatic rings. The Kier molecular flexibility index (Phi) is 5.09. The lowest BCUT2D eigenvalue weighted by Crippen LogP contribution is -2.21. The SMILES string of the molecule is CCCc1c(CC(N)=O)nnn1CCN(C)C. The average Bonchev–Trinajstić information content (AvgIpc) is 2.58. The second-order valence-corrected chi connectivity index (χ2v) is 4.40. The molecule has 6 heteroatoms. The maximum atomic E-state index is 10.9. The number of amides is 1. The number of primary amides is 1. The van der Waals surface area contributed by atoms with E-state index in [-0.39, 0.29) is 12.3 Å². The average molecular weight is 239 g/mol. The smallest absolute Gasteiger partial charge is 0.223 e. The third-order valence-corrected chi connectivity index (χ3v) is 2.51. The van der Waals surface area contributed by atoms with Crippen molar-refractivity contribution in [3.05, 3.63) is 11.4 Å². The summed E-state index contributed by atoms with van der Waals surface area (Å²) in [6.45, 7) is 3.78. The summed E-state index contributed by atoms with van der Waals surface area (Å²) in [7, 11) is 4.03. The van der Waals surface area contributed by atoms with Crippen LogP contribution in [0, 0.1) is 0 Å². The molecule has 2 N–H and O–H groups in total. The van der Waals surface area contributed by atoms with Crippen LogP contribution in [0.15, 0.2) is 0 Å². The highest BCUT2D eigenvalue weighted by molar-refractivity contribution is 5.76. The number of carbonyl (C=O) groups is 1. The Balaban J connectivity index is 2.81. The van der Waals surface area contributed by atoms with Crippen LogP contribution in [0.2, 0.25) is 0 Å². The monoisotopic (exact) mass is 239 g/mol. The van der Waals surface area contributed by atoms with Gasteiger partial charge in [0.05, 0.1) is 24.4 Å². The molecule has 0 spiro atoms. The molecule has 0 fully saturated rings. The minimum atomic E-state index is -0.359. The molecule has 0 radical (unpaired) electrons. The van der Waals surface area contributed by atoms with E-state index in [4.69, 9.17) is 5.73 Å². The molecule has 0 saturated heterocycles. The van der Waals surface area contributed by atoms with E-state index in [2.05, 4.69) is 22.1 Å². The van der Waals surface area contributed by atoms with Crippen molar-refractivity contribution in [2.45, 2.75) is 32.7 Å². The Bertz CT molecular complexity index is 372. The van der Waals surface area contributed by atoms with Crippen LogP contribution in [0.4, 0.5) is 0 Å². The van der Waals surface area contributed by atoms with E-state index in [1.54, 1.807) is 0 Å². The van der Waals surface area contributed by atoms with Gasteiger partial charge in [0.15, 0.2) is 0 Å². The fourth-order valence-corrected chi connectivity index (χ4v) is 1.66. The number of aromatic nitrogens is 3. The van der Waals surface area contributed by atoms with Crippen LogP contribution < -0.4 is 5.73 Å². The summed E-state index contributed by atoms with van der Waals surface area (Å²) in [5, 5.41) is 8.14. The molecule has 0 unspecified atom stereocenters. The fraction of sp³-hybridized carbons (Fsp3) is 0.727. The molecular formula is C11H21N5O. The van der Waals surface area contributed by atoms with E-state index in [0.29, 0.717) is 0 Å². The van der Waals surface area contributed by atoms with Crippen molar-refractivity contribution in [1.82, 2.24) is 19.9 Å². The molecular weight excluding hydrogens is 218 g/mol. The number of nitrogens with zero attached hydrogens (tertiary/aromatic N) is 4. The molecule has 0 bridgehead atoms. The molecule has 6 nitrogen and oxygen atoms in total. The van der Waals surface area contributed by atoms with Crippen molar-refractivity contribution >= 4 is 5.91 Å². The zero-order valence-electron chi connectivity index (χ0n) is 10.8. The minimum Gasteiger partial charge on any atom is -0.369 e. The van der Waals surface area contributed by atoms with Crippen LogP contribution in [-0.2, 0) is 24.2 Å². The Morgan fingerprint density at radius 3 is 2.71 bits per heavy atom. The van der Waals surface area contributed by atoms with Gasteiger partial charge in [-0.25, -0.2) is 4.68 Å². The molecule has 1 amide bonds. The normalized spacial score (nSPS) is 11.1. The lowest BCUT2D eigenvalue weighted by molar-refractivity contribution is -0.117. The highest BCUT2D eigenvalue weighted by Gasteiger charge is 2.13. The molecule has 0 aliphatic heterocycles. The topological polar surface area (TPSA) is 77.0 Å². The molecule has 0 aromatic carbocycles. The quantitative estimate of drug-likeness (QED) is 0.716. The van der Waals surface area contributed by atoms with Gasteiger partial charge in [0.2, 0.25) is 5.91 Å². The largest absolute Gasteiger partial charge is 0.369 e. The van der Waals surface area contributed by atoms with Crippen LogP contribution in [-0.4, -0.2) is 46.4 Å². The van der Waals surface area contributed by atoms with Gasteiger partial charge in [-0.1, -0.05) is 18.6 Å². The van der Waals surface area contributed by atoms with E-state index < -0.39 is 0 Å². The first-order valence-corrected chi connectivity index (χ1v) is 5.88. The van der Waals surface area contributed by atoms with E-state index in [0.717, 1.165) is 37.3 Å². The minimum absolute atomic E-state index is 0.178. The van der Waals surface area contributed by atoms with Crippen LogP contribution in [0.5, 0.6) is 0 Å². The number of hydrogen-bond donors (Lipinski definition) is 1. The van der Waals surface area contributed by atoms with Gasteiger partial charge in [-0.2, -0.15) is 0 Å². The highest BCUT2D eigenvalue weighted by atomic mass is 16.1. The standard InChI is InChI=1S/C11H21N5O/c1-4-5-10-9(8-11(12)17)13-14-16(10)7-6-15(2)3/h4-8H2,1-3H3,(H2,12,17). The molecule has 1 aromatic heterocycles. The molecule has 0 aliphatic carbocycles. The van der Waals surface area contributed by atoms with Crippen molar-refractivity contribution < 1.29 is 4.79 Å². The second kappa shape index (κ2) is 6.34. The van der Waals surface area contributed by atoms with Crippen LogP contribution in [0.1, 0.15) is 24.7 Å². The van der Waals surface area contributed by atoms with Crippen molar-refractivity contribution in [3.8, 4) is 0 Å². The maximum Gasteiger partial charge on any atom is 0.223 e. The summed E-state index contributed by atoms with van der Waals surface area (Å²) in [5.74, 6) is -0.359. The predicted octanol–water partition coefficient (Wildman–Crippen LogP) is -0.180. The van der Waals surface area contributed by atoms with Gasteiger partial charge in [-0.15, -0.1) is 5.10 Å². The number of likely N-dealkylation sites (N-methyl/N-ethyl adjacent to an activating group) is 1. The van der Waals surface area contributed by atoms with Gasteiger partial charge in [0.1, 0.15) is 0 Å². The first-order valence-electron chi connectivity index (χ1n) is 5.88. The summed E-state index contributed by atoms with van der Waals surface area (Å²) in [6.07, 6.45) is 2.06. The van der Waals surface area contributed by atoms with Crippen LogP contribution in [0.25, 0.3) is 0 Å². The van der Waals surface area contributed by atoms with E-state index >= 15 is 0 Å². The maximum absolute atomic E-state index is 10.9. The third kappa shape index (κ3) is 4.14. The second-order valence-electron chi connectivity index (χ2n) is 4.40. The lowest BCUT2D eigenvalue weighted by atomic mass is 10.1. The van der Waals surface area contributed by atoms with Crippen molar-refractivity contribution in [2.75, 3.05) is 20.6 Å². The first-order chi connectivity index (χ1) is 8.04. The zero-order chi connectivity index (χ0) is 12.8. The van der Waals surface area contributed by atoms with Crippen LogP contribution in [0.3, 0.4) is 0 Å². The van der Waals surface area contributed by atoms with Crippen molar-refractivity contribution in [2.24, 2.45) is 5.73 Å². The molecule has 17 heavy (non-hydrogen) atoms. The Labute approximate surface area is 102 Å². The molecule has 1 heterocycles. The lowest BCUT2D eigenvalue weighted by Gasteiger charge is -2.11. The summed E-state index contributed by atoms with van der Waals surface area (Å²) >= 11 is 0. The van der Waals surface area contributed by atoms with Crippen LogP contribution >= 0.6 is 0 Å². The predicted molar refractivity (Wildman–Crippen MR) is 65.5 cm³/mol. The zero-order valence-corrected chi connectivity index (χ0v) is 10.8. The van der Waals surface area contributed by atoms with E-state index in [1.807, 2.05) is 18.8 Å². The first kappa shape index (κ1) is 13.6. The van der Waals surface area contributed by atoms with Crippen molar-refractivity contribution in [3.63, 3.8) is 0 Å². The molecule has 0 saturated carbocycles. The van der Waals surface area contributed by atoms with Gasteiger partial charge < -0.3 is 10.6 Å². The molecule has 0 aliphatic rings. The van der Waals surface area contributed by atoms with Gasteiger partial charge in [0, 0.05) is 6.54 Å². The molecule has 0 atom stereocenters. The summed E-state index contributed by atoms with van der Waals surface area (Å²) in [6, 6.07) is 0. The van der Waals surface area contributed by atoms with Gasteiger partial charge in [-0.05, 0) is 20.5 Å². The fourth-order valence-electron chi connectivity index (χ4n) is 1.66. The van der Waals surface area contributed by atoms with Crippen molar-refractivity contribution in [1.29, 1.82) is 0 Å². The number of nitrogens with two attached hydrogens (primary N) is 1. The Morgan fingerprint density at radius 2 is 2.18 bits per heavy atom. The third-order valence-electron chi connectivity index (χ3n) is 2.51. The van der Waals surface area contributed by atoms with Gasteiger partial charge in [0.25, 0.3) is 0 Å². The Hall–Kier alpha value is -1.43.